The molecular formula is C26H18O3. The van der Waals surface area contributed by atoms with Crippen LogP contribution in [0.3, 0.4) is 0 Å². The number of rotatable bonds is 3. The molecule has 0 aliphatic heterocycles. The van der Waals surface area contributed by atoms with E-state index in [2.05, 4.69) is 0 Å². The summed E-state index contributed by atoms with van der Waals surface area (Å²) in [7, 11) is 1.41. The largest absolute Gasteiger partial charge is 0.465 e. The van der Waals surface area contributed by atoms with E-state index in [4.69, 9.17) is 9.15 Å². The first-order chi connectivity index (χ1) is 14.3. The monoisotopic (exact) mass is 378 g/mol. The Kier molecular flexibility index (Phi) is 4.14. The number of hydrogen-bond acceptors (Lipinski definition) is 3. The van der Waals surface area contributed by atoms with Gasteiger partial charge in [-0.1, -0.05) is 72.8 Å². The van der Waals surface area contributed by atoms with Crippen LogP contribution in [0, 0.1) is 0 Å². The second-order valence-corrected chi connectivity index (χ2v) is 6.89. The van der Waals surface area contributed by atoms with Crippen LogP contribution in [0.2, 0.25) is 0 Å². The van der Waals surface area contributed by atoms with Gasteiger partial charge in [0.1, 0.15) is 11.2 Å². The molecule has 3 nitrogen and oxygen atoms in total. The summed E-state index contributed by atoms with van der Waals surface area (Å²) < 4.78 is 11.1. The molecule has 0 amide bonds. The lowest BCUT2D eigenvalue weighted by Gasteiger charge is -2.12. The van der Waals surface area contributed by atoms with E-state index in [-0.39, 0.29) is 5.97 Å². The molecule has 0 unspecified atom stereocenters. The molecule has 29 heavy (non-hydrogen) atoms. The van der Waals surface area contributed by atoms with E-state index in [1.807, 2.05) is 91.0 Å². The normalized spacial score (nSPS) is 11.1. The number of hydrogen-bond donors (Lipinski definition) is 0. The highest BCUT2D eigenvalue weighted by atomic mass is 16.5. The van der Waals surface area contributed by atoms with Crippen LogP contribution < -0.4 is 0 Å². The minimum Gasteiger partial charge on any atom is -0.465 e. The highest BCUT2D eigenvalue weighted by Gasteiger charge is 2.19. The molecule has 5 rings (SSSR count). The van der Waals surface area contributed by atoms with Crippen LogP contribution in [-0.2, 0) is 4.74 Å². The van der Waals surface area contributed by atoms with E-state index >= 15 is 0 Å². The number of benzene rings is 4. The minimum atomic E-state index is -0.359. The zero-order chi connectivity index (χ0) is 19.8. The number of methoxy groups -OCH3 is 1. The van der Waals surface area contributed by atoms with Gasteiger partial charge in [-0.3, -0.25) is 0 Å². The average Bonchev–Trinajstić information content (AvgIpc) is 3.17. The van der Waals surface area contributed by atoms with Gasteiger partial charge in [0.25, 0.3) is 0 Å². The summed E-state index contributed by atoms with van der Waals surface area (Å²) >= 11 is 0. The van der Waals surface area contributed by atoms with Gasteiger partial charge in [-0.2, -0.15) is 0 Å². The van der Waals surface area contributed by atoms with Crippen molar-refractivity contribution in [3.8, 4) is 22.3 Å². The number of esters is 1. The molecule has 5 aromatic rings. The van der Waals surface area contributed by atoms with Crippen LogP contribution in [0.5, 0.6) is 0 Å². The molecule has 0 spiro atoms. The maximum absolute atomic E-state index is 12.7. The van der Waals surface area contributed by atoms with E-state index < -0.39 is 0 Å². The number of fused-ring (bicyclic) bond motifs is 3. The van der Waals surface area contributed by atoms with E-state index in [0.717, 1.165) is 44.2 Å². The smallest absolute Gasteiger partial charge is 0.338 e. The van der Waals surface area contributed by atoms with Crippen molar-refractivity contribution in [3.63, 3.8) is 0 Å². The SMILES string of the molecule is COC(=O)c1cc(-c2ccccc2)ccc1-c1cccc2oc3ccccc3c12. The summed E-state index contributed by atoms with van der Waals surface area (Å²) in [5.41, 5.74) is 5.96. The Bertz CT molecular complexity index is 1350. The van der Waals surface area contributed by atoms with Crippen molar-refractivity contribution < 1.29 is 13.9 Å². The van der Waals surface area contributed by atoms with Gasteiger partial charge in [-0.05, 0) is 40.5 Å². The third kappa shape index (κ3) is 2.88. The van der Waals surface area contributed by atoms with Crippen molar-refractivity contribution in [2.45, 2.75) is 0 Å². The fourth-order valence-corrected chi connectivity index (χ4v) is 3.87. The van der Waals surface area contributed by atoms with Crippen LogP contribution in [0.25, 0.3) is 44.2 Å². The van der Waals surface area contributed by atoms with Crippen LogP contribution in [0.4, 0.5) is 0 Å². The summed E-state index contributed by atoms with van der Waals surface area (Å²) in [6.07, 6.45) is 0. The maximum Gasteiger partial charge on any atom is 0.338 e. The first-order valence-corrected chi connectivity index (χ1v) is 9.44. The lowest BCUT2D eigenvalue weighted by Crippen LogP contribution is -2.04. The molecule has 0 bridgehead atoms. The highest BCUT2D eigenvalue weighted by molar-refractivity contribution is 6.14. The zero-order valence-electron chi connectivity index (χ0n) is 15.9. The molecule has 1 aromatic heterocycles. The van der Waals surface area contributed by atoms with Crippen LogP contribution in [-0.4, -0.2) is 13.1 Å². The van der Waals surface area contributed by atoms with E-state index in [0.29, 0.717) is 5.56 Å². The van der Waals surface area contributed by atoms with Crippen LogP contribution in [0.15, 0.2) is 95.4 Å². The number of furan rings is 1. The zero-order valence-corrected chi connectivity index (χ0v) is 15.9. The Hall–Kier alpha value is -3.85. The predicted octanol–water partition coefficient (Wildman–Crippen LogP) is 6.71. The molecule has 0 fully saturated rings. The maximum atomic E-state index is 12.7. The van der Waals surface area contributed by atoms with Gasteiger partial charge in [-0.15, -0.1) is 0 Å². The number of carbonyl (C=O) groups excluding carboxylic acids is 1. The van der Waals surface area contributed by atoms with Crippen molar-refractivity contribution in [2.24, 2.45) is 0 Å². The lowest BCUT2D eigenvalue weighted by atomic mass is 9.92. The van der Waals surface area contributed by atoms with Crippen molar-refractivity contribution >= 4 is 27.9 Å². The van der Waals surface area contributed by atoms with Gasteiger partial charge in [-0.25, -0.2) is 4.79 Å². The third-order valence-corrected chi connectivity index (χ3v) is 5.22. The molecule has 0 aliphatic rings. The van der Waals surface area contributed by atoms with Crippen LogP contribution in [0.1, 0.15) is 10.4 Å². The Balaban J connectivity index is 1.79. The molecule has 4 aromatic carbocycles. The Morgan fingerprint density at radius 1 is 0.724 bits per heavy atom. The molecule has 0 aliphatic carbocycles. The summed E-state index contributed by atoms with van der Waals surface area (Å²) in [5.74, 6) is -0.359. The summed E-state index contributed by atoms with van der Waals surface area (Å²) in [6, 6.07) is 29.8. The summed E-state index contributed by atoms with van der Waals surface area (Å²) in [4.78, 5) is 12.7. The molecule has 0 atom stereocenters. The van der Waals surface area contributed by atoms with Gasteiger partial charge in [0.05, 0.1) is 12.7 Å². The number of carbonyl (C=O) groups is 1. The molecule has 140 valence electrons. The molecular weight excluding hydrogens is 360 g/mol. The second kappa shape index (κ2) is 6.95. The van der Waals surface area contributed by atoms with Crippen molar-refractivity contribution in [1.82, 2.24) is 0 Å². The molecule has 0 saturated carbocycles. The van der Waals surface area contributed by atoms with Crippen molar-refractivity contribution in [2.75, 3.05) is 7.11 Å². The Morgan fingerprint density at radius 2 is 1.48 bits per heavy atom. The fourth-order valence-electron chi connectivity index (χ4n) is 3.87. The summed E-state index contributed by atoms with van der Waals surface area (Å²) in [5, 5.41) is 2.03. The second-order valence-electron chi connectivity index (χ2n) is 6.89. The van der Waals surface area contributed by atoms with Crippen LogP contribution >= 0.6 is 0 Å². The minimum absolute atomic E-state index is 0.359. The van der Waals surface area contributed by atoms with Gasteiger partial charge in [0, 0.05) is 10.8 Å². The van der Waals surface area contributed by atoms with E-state index in [9.17, 15) is 4.79 Å². The van der Waals surface area contributed by atoms with Gasteiger partial charge in [0.15, 0.2) is 0 Å². The Morgan fingerprint density at radius 3 is 2.31 bits per heavy atom. The molecule has 0 N–H and O–H groups in total. The topological polar surface area (TPSA) is 39.4 Å². The van der Waals surface area contributed by atoms with E-state index in [1.54, 1.807) is 0 Å². The van der Waals surface area contributed by atoms with Crippen molar-refractivity contribution in [3.05, 3.63) is 96.6 Å². The van der Waals surface area contributed by atoms with Crippen molar-refractivity contribution in [1.29, 1.82) is 0 Å². The highest BCUT2D eigenvalue weighted by Crippen LogP contribution is 2.38. The molecule has 1 heterocycles. The average molecular weight is 378 g/mol. The fraction of sp³-hybridized carbons (Fsp3) is 0.0385. The molecule has 0 radical (unpaired) electrons. The lowest BCUT2D eigenvalue weighted by molar-refractivity contribution is 0.0601. The number of ether oxygens (including phenoxy) is 1. The first kappa shape index (κ1) is 17.3. The summed E-state index contributed by atoms with van der Waals surface area (Å²) in [6.45, 7) is 0. The number of para-hydroxylation sites is 1. The quantitative estimate of drug-likeness (QED) is 0.328. The molecule has 3 heteroatoms. The predicted molar refractivity (Wildman–Crippen MR) is 116 cm³/mol. The van der Waals surface area contributed by atoms with Gasteiger partial charge >= 0.3 is 5.97 Å². The standard InChI is InChI=1S/C26H18O3/c1-28-26(27)22-16-18(17-8-3-2-4-9-17)14-15-19(22)20-11-7-13-24-25(20)21-10-5-6-12-23(21)29-24/h2-16H,1H3. The van der Waals surface area contributed by atoms with E-state index in [1.165, 1.54) is 7.11 Å². The molecule has 0 saturated heterocycles. The first-order valence-electron chi connectivity index (χ1n) is 9.44. The van der Waals surface area contributed by atoms with Gasteiger partial charge in [0.2, 0.25) is 0 Å². The Labute approximate surface area is 168 Å². The third-order valence-electron chi connectivity index (χ3n) is 5.22. The van der Waals surface area contributed by atoms with Gasteiger partial charge < -0.3 is 9.15 Å².